The number of anilines is 1. The van der Waals surface area contributed by atoms with Crippen LogP contribution in [-0.2, 0) is 10.0 Å². The van der Waals surface area contributed by atoms with Gasteiger partial charge in [0.2, 0.25) is 0 Å². The Hall–Kier alpha value is -1.82. The summed E-state index contributed by atoms with van der Waals surface area (Å²) < 4.78 is 27.3. The number of aromatic nitrogens is 1. The fraction of sp³-hybridized carbons (Fsp3) is 0. The quantitative estimate of drug-likeness (QED) is 0.762. The van der Waals surface area contributed by atoms with Crippen molar-refractivity contribution in [2.75, 3.05) is 4.72 Å². The van der Waals surface area contributed by atoms with E-state index in [1.807, 2.05) is 12.1 Å². The van der Waals surface area contributed by atoms with Crippen molar-refractivity contribution in [1.29, 1.82) is 0 Å². The molecule has 1 N–H and O–H groups in total. The van der Waals surface area contributed by atoms with E-state index in [-0.39, 0.29) is 14.9 Å². The smallest absolute Gasteiger partial charge is 0.261 e. The molecule has 22 heavy (non-hydrogen) atoms. The first-order valence-electron chi connectivity index (χ1n) is 6.28. The Kier molecular flexibility index (Phi) is 3.95. The number of hydrogen-bond donors (Lipinski definition) is 1. The van der Waals surface area contributed by atoms with Gasteiger partial charge >= 0.3 is 0 Å². The van der Waals surface area contributed by atoms with Crippen LogP contribution in [0.3, 0.4) is 0 Å². The standard InChI is InChI=1S/C15H10Cl2N2O2S/c16-11-6-12(17)8-14(7-11)22(20,21)19-13-4-3-10-2-1-5-18-15(10)9-13/h1-9,19H. The molecule has 0 atom stereocenters. The molecule has 3 aromatic rings. The topological polar surface area (TPSA) is 59.1 Å². The first kappa shape index (κ1) is 15.1. The second-order valence-electron chi connectivity index (χ2n) is 4.62. The molecule has 0 aliphatic rings. The lowest BCUT2D eigenvalue weighted by Gasteiger charge is -2.09. The molecule has 0 spiro atoms. The van der Waals surface area contributed by atoms with Crippen LogP contribution in [0, 0.1) is 0 Å². The highest BCUT2D eigenvalue weighted by Gasteiger charge is 2.16. The van der Waals surface area contributed by atoms with Gasteiger partial charge in [0.25, 0.3) is 10.0 Å². The summed E-state index contributed by atoms with van der Waals surface area (Å²) in [5.74, 6) is 0. The maximum absolute atomic E-state index is 12.4. The molecule has 0 bridgehead atoms. The molecule has 0 amide bonds. The molecule has 4 nitrogen and oxygen atoms in total. The Bertz CT molecular complexity index is 938. The number of pyridine rings is 1. The fourth-order valence-corrected chi connectivity index (χ4v) is 3.80. The van der Waals surface area contributed by atoms with Gasteiger partial charge in [0.15, 0.2) is 0 Å². The van der Waals surface area contributed by atoms with Crippen molar-refractivity contribution in [3.63, 3.8) is 0 Å². The van der Waals surface area contributed by atoms with Crippen LogP contribution in [0.25, 0.3) is 10.9 Å². The number of halogens is 2. The number of benzene rings is 2. The first-order chi connectivity index (χ1) is 10.4. The van der Waals surface area contributed by atoms with Gasteiger partial charge in [0, 0.05) is 21.6 Å². The van der Waals surface area contributed by atoms with Crippen LogP contribution in [0.4, 0.5) is 5.69 Å². The Balaban J connectivity index is 1.98. The molecule has 0 unspecified atom stereocenters. The number of rotatable bonds is 3. The van der Waals surface area contributed by atoms with E-state index in [2.05, 4.69) is 9.71 Å². The van der Waals surface area contributed by atoms with Crippen molar-refractivity contribution in [1.82, 2.24) is 4.98 Å². The van der Waals surface area contributed by atoms with E-state index in [1.54, 1.807) is 24.4 Å². The van der Waals surface area contributed by atoms with Gasteiger partial charge in [-0.2, -0.15) is 0 Å². The maximum atomic E-state index is 12.4. The highest BCUT2D eigenvalue weighted by Crippen LogP contribution is 2.25. The van der Waals surface area contributed by atoms with E-state index in [4.69, 9.17) is 23.2 Å². The normalized spacial score (nSPS) is 11.5. The lowest BCUT2D eigenvalue weighted by Crippen LogP contribution is -2.13. The second kappa shape index (κ2) is 5.76. The third kappa shape index (κ3) is 3.16. The van der Waals surface area contributed by atoms with Gasteiger partial charge in [-0.1, -0.05) is 35.3 Å². The summed E-state index contributed by atoms with van der Waals surface area (Å²) in [5, 5.41) is 1.44. The summed E-state index contributed by atoms with van der Waals surface area (Å²) in [7, 11) is -3.77. The van der Waals surface area contributed by atoms with Crippen LogP contribution >= 0.6 is 23.2 Å². The number of fused-ring (bicyclic) bond motifs is 1. The molecule has 0 aliphatic heterocycles. The van der Waals surface area contributed by atoms with Gasteiger partial charge in [0.1, 0.15) is 0 Å². The molecular formula is C15H10Cl2N2O2S. The molecule has 7 heteroatoms. The third-order valence-corrected chi connectivity index (χ3v) is 4.80. The fourth-order valence-electron chi connectivity index (χ4n) is 2.03. The molecule has 3 rings (SSSR count). The van der Waals surface area contributed by atoms with Crippen LogP contribution < -0.4 is 4.72 Å². The van der Waals surface area contributed by atoms with Gasteiger partial charge in [-0.15, -0.1) is 0 Å². The SMILES string of the molecule is O=S(=O)(Nc1ccc2cccnc2c1)c1cc(Cl)cc(Cl)c1. The Morgan fingerprint density at radius 1 is 0.955 bits per heavy atom. The molecule has 0 saturated carbocycles. The summed E-state index contributed by atoms with van der Waals surface area (Å²) in [6.07, 6.45) is 1.65. The van der Waals surface area contributed by atoms with Crippen molar-refractivity contribution in [3.8, 4) is 0 Å². The minimum Gasteiger partial charge on any atom is -0.280 e. The number of hydrogen-bond acceptors (Lipinski definition) is 3. The Morgan fingerprint density at radius 3 is 2.41 bits per heavy atom. The average Bonchev–Trinajstić information content (AvgIpc) is 2.46. The molecule has 1 aromatic heterocycles. The van der Waals surface area contributed by atoms with E-state index in [9.17, 15) is 8.42 Å². The maximum Gasteiger partial charge on any atom is 0.261 e. The molecule has 0 saturated heterocycles. The van der Waals surface area contributed by atoms with Crippen LogP contribution in [-0.4, -0.2) is 13.4 Å². The van der Waals surface area contributed by atoms with E-state index >= 15 is 0 Å². The lowest BCUT2D eigenvalue weighted by atomic mass is 10.2. The predicted molar refractivity (Wildman–Crippen MR) is 89.0 cm³/mol. The summed E-state index contributed by atoms with van der Waals surface area (Å²) >= 11 is 11.7. The molecular weight excluding hydrogens is 343 g/mol. The lowest BCUT2D eigenvalue weighted by molar-refractivity contribution is 0.601. The summed E-state index contributed by atoms with van der Waals surface area (Å²) in [4.78, 5) is 4.20. The van der Waals surface area contributed by atoms with E-state index in [0.717, 1.165) is 5.39 Å². The second-order valence-corrected chi connectivity index (χ2v) is 7.18. The van der Waals surface area contributed by atoms with Crippen LogP contribution in [0.1, 0.15) is 0 Å². The molecule has 1 heterocycles. The van der Waals surface area contributed by atoms with Crippen molar-refractivity contribution in [2.24, 2.45) is 0 Å². The molecule has 112 valence electrons. The number of nitrogens with one attached hydrogen (secondary N) is 1. The zero-order chi connectivity index (χ0) is 15.7. The van der Waals surface area contributed by atoms with Gasteiger partial charge < -0.3 is 0 Å². The van der Waals surface area contributed by atoms with Gasteiger partial charge in [-0.05, 0) is 36.4 Å². The summed E-state index contributed by atoms with van der Waals surface area (Å²) in [6, 6.07) is 13.0. The van der Waals surface area contributed by atoms with Crippen LogP contribution in [0.5, 0.6) is 0 Å². The largest absolute Gasteiger partial charge is 0.280 e. The van der Waals surface area contributed by atoms with Crippen LogP contribution in [0.2, 0.25) is 10.0 Å². The highest BCUT2D eigenvalue weighted by molar-refractivity contribution is 7.92. The predicted octanol–water partition coefficient (Wildman–Crippen LogP) is 4.34. The van der Waals surface area contributed by atoms with Crippen LogP contribution in [0.15, 0.2) is 59.6 Å². The van der Waals surface area contributed by atoms with E-state index in [0.29, 0.717) is 11.2 Å². The number of sulfonamides is 1. The van der Waals surface area contributed by atoms with E-state index in [1.165, 1.54) is 18.2 Å². The zero-order valence-electron chi connectivity index (χ0n) is 11.1. The Labute approximate surface area is 137 Å². The van der Waals surface area contributed by atoms with Gasteiger partial charge in [-0.25, -0.2) is 8.42 Å². The first-order valence-corrected chi connectivity index (χ1v) is 8.52. The zero-order valence-corrected chi connectivity index (χ0v) is 13.5. The summed E-state index contributed by atoms with van der Waals surface area (Å²) in [5.41, 5.74) is 1.12. The third-order valence-electron chi connectivity index (χ3n) is 3.00. The molecule has 0 aliphatic carbocycles. The van der Waals surface area contributed by atoms with Gasteiger partial charge in [0.05, 0.1) is 16.1 Å². The minimum absolute atomic E-state index is 0.00566. The molecule has 0 fully saturated rings. The van der Waals surface area contributed by atoms with Crippen molar-refractivity contribution >= 4 is 49.8 Å². The minimum atomic E-state index is -3.77. The Morgan fingerprint density at radius 2 is 1.68 bits per heavy atom. The van der Waals surface area contributed by atoms with Crippen molar-refractivity contribution in [2.45, 2.75) is 4.90 Å². The monoisotopic (exact) mass is 352 g/mol. The molecule has 2 aromatic carbocycles. The van der Waals surface area contributed by atoms with Gasteiger partial charge in [-0.3, -0.25) is 9.71 Å². The average molecular weight is 353 g/mol. The van der Waals surface area contributed by atoms with E-state index < -0.39 is 10.0 Å². The van der Waals surface area contributed by atoms with Crippen molar-refractivity contribution in [3.05, 3.63) is 64.8 Å². The summed E-state index contributed by atoms with van der Waals surface area (Å²) in [6.45, 7) is 0. The highest BCUT2D eigenvalue weighted by atomic mass is 35.5. The number of nitrogens with zero attached hydrogens (tertiary/aromatic N) is 1. The van der Waals surface area contributed by atoms with Crippen molar-refractivity contribution < 1.29 is 8.42 Å². The molecule has 0 radical (unpaired) electrons.